The van der Waals surface area contributed by atoms with Crippen LogP contribution in [0.4, 0.5) is 5.69 Å². The van der Waals surface area contributed by atoms with Crippen LogP contribution in [0.25, 0.3) is 0 Å². The number of anilines is 1. The molecule has 0 fully saturated rings. The van der Waals surface area contributed by atoms with Crippen LogP contribution >= 0.6 is 0 Å². The summed E-state index contributed by atoms with van der Waals surface area (Å²) in [6.45, 7) is 1.80. The van der Waals surface area contributed by atoms with Crippen LogP contribution in [0.15, 0.2) is 36.8 Å². The van der Waals surface area contributed by atoms with E-state index in [4.69, 9.17) is 0 Å². The van der Waals surface area contributed by atoms with E-state index < -0.39 is 0 Å². The van der Waals surface area contributed by atoms with E-state index in [0.717, 1.165) is 5.69 Å². The summed E-state index contributed by atoms with van der Waals surface area (Å²) in [6.07, 6.45) is 4.31. The highest BCUT2D eigenvalue weighted by Gasteiger charge is 2.08. The first-order valence-corrected chi connectivity index (χ1v) is 5.04. The average Bonchev–Trinajstić information content (AvgIpc) is 2.32. The van der Waals surface area contributed by atoms with Crippen LogP contribution in [0.5, 0.6) is 5.75 Å². The molecule has 0 atom stereocenters. The van der Waals surface area contributed by atoms with E-state index in [1.807, 2.05) is 0 Å². The van der Waals surface area contributed by atoms with Crippen molar-refractivity contribution < 1.29 is 9.90 Å². The van der Waals surface area contributed by atoms with Gasteiger partial charge < -0.3 is 10.4 Å². The Kier molecular flexibility index (Phi) is 3.00. The highest BCUT2D eigenvalue weighted by Crippen LogP contribution is 2.14. The number of hydrogen-bond acceptors (Lipinski definition) is 4. The molecule has 0 aliphatic heterocycles. The number of rotatable bonds is 2. The van der Waals surface area contributed by atoms with Crippen LogP contribution in [0, 0.1) is 6.92 Å². The quantitative estimate of drug-likeness (QED) is 0.822. The standard InChI is InChI=1S/C12H11N3O2/c1-8-11(3-2-4-14-8)15-12(17)9-5-10(16)7-13-6-9/h2-7,16H,1H3,(H,15,17). The van der Waals surface area contributed by atoms with Crippen molar-refractivity contribution in [2.45, 2.75) is 6.92 Å². The van der Waals surface area contributed by atoms with Gasteiger partial charge in [0.1, 0.15) is 5.75 Å². The van der Waals surface area contributed by atoms with Gasteiger partial charge in [0.05, 0.1) is 23.1 Å². The molecule has 0 saturated carbocycles. The molecule has 2 N–H and O–H groups in total. The lowest BCUT2D eigenvalue weighted by atomic mass is 10.2. The topological polar surface area (TPSA) is 75.1 Å². The first kappa shape index (κ1) is 11.1. The van der Waals surface area contributed by atoms with Gasteiger partial charge in [0, 0.05) is 12.4 Å². The van der Waals surface area contributed by atoms with Crippen LogP contribution in [0.1, 0.15) is 16.1 Å². The second-order valence-corrected chi connectivity index (χ2v) is 3.52. The highest BCUT2D eigenvalue weighted by molar-refractivity contribution is 6.04. The van der Waals surface area contributed by atoms with E-state index in [9.17, 15) is 9.90 Å². The fourth-order valence-corrected chi connectivity index (χ4v) is 1.36. The Labute approximate surface area is 98.2 Å². The fraction of sp³-hybridized carbons (Fsp3) is 0.0833. The zero-order valence-corrected chi connectivity index (χ0v) is 9.21. The second kappa shape index (κ2) is 4.61. The minimum Gasteiger partial charge on any atom is -0.506 e. The largest absolute Gasteiger partial charge is 0.506 e. The van der Waals surface area contributed by atoms with Gasteiger partial charge in [-0.2, -0.15) is 0 Å². The van der Waals surface area contributed by atoms with Crippen molar-refractivity contribution in [2.75, 3.05) is 5.32 Å². The molecule has 2 rings (SSSR count). The van der Waals surface area contributed by atoms with Gasteiger partial charge in [-0.3, -0.25) is 14.8 Å². The van der Waals surface area contributed by atoms with Gasteiger partial charge in [0.25, 0.3) is 5.91 Å². The number of carbonyl (C=O) groups is 1. The molecular weight excluding hydrogens is 218 g/mol. The Morgan fingerprint density at radius 1 is 1.41 bits per heavy atom. The Morgan fingerprint density at radius 3 is 2.94 bits per heavy atom. The SMILES string of the molecule is Cc1ncccc1NC(=O)c1cncc(O)c1. The fourth-order valence-electron chi connectivity index (χ4n) is 1.36. The molecular formula is C12H11N3O2. The molecule has 17 heavy (non-hydrogen) atoms. The third-order valence-corrected chi connectivity index (χ3v) is 2.24. The van der Waals surface area contributed by atoms with Gasteiger partial charge in [-0.25, -0.2) is 0 Å². The van der Waals surface area contributed by atoms with E-state index in [2.05, 4.69) is 15.3 Å². The molecule has 0 aliphatic rings. The van der Waals surface area contributed by atoms with Crippen LogP contribution in [0.2, 0.25) is 0 Å². The summed E-state index contributed by atoms with van der Waals surface area (Å²) in [6, 6.07) is 4.85. The van der Waals surface area contributed by atoms with Crippen LogP contribution < -0.4 is 5.32 Å². The minimum atomic E-state index is -0.329. The first-order valence-electron chi connectivity index (χ1n) is 5.04. The third kappa shape index (κ3) is 2.57. The number of aryl methyl sites for hydroxylation is 1. The number of nitrogens with zero attached hydrogens (tertiary/aromatic N) is 2. The molecule has 1 amide bonds. The molecule has 2 heterocycles. The molecule has 86 valence electrons. The molecule has 0 saturated heterocycles. The van der Waals surface area contributed by atoms with Crippen LogP contribution in [-0.2, 0) is 0 Å². The van der Waals surface area contributed by atoms with E-state index in [-0.39, 0.29) is 11.7 Å². The average molecular weight is 229 g/mol. The molecule has 0 radical (unpaired) electrons. The summed E-state index contributed by atoms with van der Waals surface area (Å²) in [7, 11) is 0. The summed E-state index contributed by atoms with van der Waals surface area (Å²) in [5.41, 5.74) is 1.67. The zero-order valence-electron chi connectivity index (χ0n) is 9.21. The lowest BCUT2D eigenvalue weighted by molar-refractivity contribution is 0.102. The minimum absolute atomic E-state index is 0.0411. The summed E-state index contributed by atoms with van der Waals surface area (Å²) in [5.74, 6) is -0.370. The van der Waals surface area contributed by atoms with Crippen molar-refractivity contribution in [3.63, 3.8) is 0 Å². The van der Waals surface area contributed by atoms with Gasteiger partial charge >= 0.3 is 0 Å². The number of carbonyl (C=O) groups excluding carboxylic acids is 1. The molecule has 5 nitrogen and oxygen atoms in total. The van der Waals surface area contributed by atoms with Crippen molar-refractivity contribution in [1.82, 2.24) is 9.97 Å². The van der Waals surface area contributed by atoms with Gasteiger partial charge in [-0.1, -0.05) is 0 Å². The number of aromatic hydroxyl groups is 1. The Bertz CT molecular complexity index is 555. The van der Waals surface area contributed by atoms with Crippen molar-refractivity contribution >= 4 is 11.6 Å². The predicted molar refractivity (Wildman–Crippen MR) is 62.8 cm³/mol. The predicted octanol–water partition coefficient (Wildman–Crippen LogP) is 1.74. The normalized spacial score (nSPS) is 9.94. The molecule has 2 aromatic rings. The van der Waals surface area contributed by atoms with Crippen molar-refractivity contribution in [3.05, 3.63) is 48.0 Å². The Balaban J connectivity index is 2.20. The van der Waals surface area contributed by atoms with E-state index in [1.165, 1.54) is 18.5 Å². The summed E-state index contributed by atoms with van der Waals surface area (Å²) in [5, 5.41) is 11.9. The molecule has 2 aromatic heterocycles. The number of hydrogen-bond donors (Lipinski definition) is 2. The van der Waals surface area contributed by atoms with E-state index >= 15 is 0 Å². The second-order valence-electron chi connectivity index (χ2n) is 3.52. The smallest absolute Gasteiger partial charge is 0.257 e. The molecule has 0 aliphatic carbocycles. The summed E-state index contributed by atoms with van der Waals surface area (Å²) >= 11 is 0. The maximum absolute atomic E-state index is 11.8. The molecule has 0 aromatic carbocycles. The number of amides is 1. The third-order valence-electron chi connectivity index (χ3n) is 2.24. The van der Waals surface area contributed by atoms with Crippen molar-refractivity contribution in [1.29, 1.82) is 0 Å². The summed E-state index contributed by atoms with van der Waals surface area (Å²) < 4.78 is 0. The maximum Gasteiger partial charge on any atom is 0.257 e. The molecule has 0 spiro atoms. The zero-order chi connectivity index (χ0) is 12.3. The van der Waals surface area contributed by atoms with E-state index in [1.54, 1.807) is 25.3 Å². The molecule has 0 bridgehead atoms. The monoisotopic (exact) mass is 229 g/mol. The maximum atomic E-state index is 11.8. The van der Waals surface area contributed by atoms with Gasteiger partial charge in [-0.15, -0.1) is 0 Å². The number of pyridine rings is 2. The molecule has 5 heteroatoms. The first-order chi connectivity index (χ1) is 8.16. The van der Waals surface area contributed by atoms with Crippen molar-refractivity contribution in [3.8, 4) is 5.75 Å². The summed E-state index contributed by atoms with van der Waals surface area (Å²) in [4.78, 5) is 19.6. The van der Waals surface area contributed by atoms with Gasteiger partial charge in [0.15, 0.2) is 0 Å². The van der Waals surface area contributed by atoms with Crippen molar-refractivity contribution in [2.24, 2.45) is 0 Å². The van der Waals surface area contributed by atoms with Gasteiger partial charge in [-0.05, 0) is 25.1 Å². The highest BCUT2D eigenvalue weighted by atomic mass is 16.3. The Morgan fingerprint density at radius 2 is 2.24 bits per heavy atom. The number of aromatic nitrogens is 2. The van der Waals surface area contributed by atoms with Gasteiger partial charge in [0.2, 0.25) is 0 Å². The van der Waals surface area contributed by atoms with Crippen LogP contribution in [-0.4, -0.2) is 21.0 Å². The van der Waals surface area contributed by atoms with E-state index in [0.29, 0.717) is 11.3 Å². The molecule has 0 unspecified atom stereocenters. The van der Waals surface area contributed by atoms with Crippen LogP contribution in [0.3, 0.4) is 0 Å². The lowest BCUT2D eigenvalue weighted by Crippen LogP contribution is -2.13. The lowest BCUT2D eigenvalue weighted by Gasteiger charge is -2.06. The number of nitrogens with one attached hydrogen (secondary N) is 1. The Hall–Kier alpha value is -2.43.